The molecule has 0 unspecified atom stereocenters. The zero-order valence-electron chi connectivity index (χ0n) is 30.3. The van der Waals surface area contributed by atoms with Crippen LogP contribution in [0.1, 0.15) is 0 Å². The molecule has 8 aromatic carbocycles. The molecule has 4 heterocycles. The van der Waals surface area contributed by atoms with E-state index in [0.717, 1.165) is 105 Å². The summed E-state index contributed by atoms with van der Waals surface area (Å²) in [5.41, 5.74) is 12.1. The van der Waals surface area contributed by atoms with Gasteiger partial charge in [-0.3, -0.25) is 0 Å². The van der Waals surface area contributed by atoms with E-state index in [1.807, 2.05) is 91.0 Å². The van der Waals surface area contributed by atoms with Gasteiger partial charge in [-0.2, -0.15) is 0 Å². The lowest BCUT2D eigenvalue weighted by molar-refractivity contribution is 0.668. The van der Waals surface area contributed by atoms with Crippen LogP contribution in [0.15, 0.2) is 189 Å². The summed E-state index contributed by atoms with van der Waals surface area (Å²) in [5, 5.41) is 6.28. The summed E-state index contributed by atoms with van der Waals surface area (Å²) >= 11 is 0. The molecule has 0 saturated heterocycles. The molecule has 0 N–H and O–H groups in total. The maximum absolute atomic E-state index is 6.54. The van der Waals surface area contributed by atoms with Crippen molar-refractivity contribution < 1.29 is 13.3 Å². The summed E-state index contributed by atoms with van der Waals surface area (Å²) < 4.78 is 19.0. The first-order valence-corrected chi connectivity index (χ1v) is 18.9. The van der Waals surface area contributed by atoms with Crippen LogP contribution in [0.3, 0.4) is 0 Å². The fraction of sp³-hybridized carbons (Fsp3) is 0. The van der Waals surface area contributed by atoms with Gasteiger partial charge in [-0.05, 0) is 70.8 Å². The van der Waals surface area contributed by atoms with Gasteiger partial charge in [-0.25, -0.2) is 15.0 Å². The van der Waals surface area contributed by atoms with Crippen molar-refractivity contribution in [2.75, 3.05) is 0 Å². The van der Waals surface area contributed by atoms with Gasteiger partial charge in [0.05, 0.1) is 0 Å². The summed E-state index contributed by atoms with van der Waals surface area (Å²) in [6.45, 7) is 0. The van der Waals surface area contributed by atoms with E-state index in [2.05, 4.69) is 84.9 Å². The molecular weight excluding hydrogens is 703 g/mol. The second-order valence-electron chi connectivity index (χ2n) is 14.3. The van der Waals surface area contributed by atoms with E-state index in [-0.39, 0.29) is 0 Å². The molecule has 12 rings (SSSR count). The van der Waals surface area contributed by atoms with Gasteiger partial charge in [0, 0.05) is 49.0 Å². The number of nitrogens with zero attached hydrogens (tertiary/aromatic N) is 3. The molecule has 0 radical (unpaired) electrons. The highest BCUT2D eigenvalue weighted by Crippen LogP contribution is 2.42. The van der Waals surface area contributed by atoms with Crippen LogP contribution in [0.2, 0.25) is 0 Å². The van der Waals surface area contributed by atoms with E-state index in [0.29, 0.717) is 17.5 Å². The third kappa shape index (κ3) is 5.01. The fourth-order valence-corrected chi connectivity index (χ4v) is 8.36. The van der Waals surface area contributed by atoms with Crippen LogP contribution in [0.4, 0.5) is 0 Å². The molecule has 266 valence electrons. The standard InChI is InChI=1S/C51H29N3O3/c1-2-12-30(13-3-1)49-52-50(54-51(53-49)39-19-11-23-45-48(39)38-17-7-9-21-42(38)56-45)32-24-26-35-40-28-31(25-27-43(40)57-46(35)29-32)33-14-4-5-15-34(33)36-18-10-22-44-47(36)37-16-6-8-20-41(37)55-44/h1-29H. The number of para-hydroxylation sites is 2. The number of furan rings is 3. The lowest BCUT2D eigenvalue weighted by atomic mass is 9.91. The number of hydrogen-bond donors (Lipinski definition) is 0. The zero-order chi connectivity index (χ0) is 37.5. The smallest absolute Gasteiger partial charge is 0.164 e. The molecule has 12 aromatic rings. The highest BCUT2D eigenvalue weighted by Gasteiger charge is 2.20. The van der Waals surface area contributed by atoms with Crippen LogP contribution < -0.4 is 0 Å². The molecule has 6 nitrogen and oxygen atoms in total. The third-order valence-corrected chi connectivity index (χ3v) is 11.0. The van der Waals surface area contributed by atoms with E-state index >= 15 is 0 Å². The van der Waals surface area contributed by atoms with E-state index in [4.69, 9.17) is 28.2 Å². The average molecular weight is 732 g/mol. The van der Waals surface area contributed by atoms with Crippen LogP contribution in [0.5, 0.6) is 0 Å². The Labute approximate surface area is 325 Å². The Bertz CT molecular complexity index is 3540. The maximum atomic E-state index is 6.54. The Kier molecular flexibility index (Phi) is 6.83. The van der Waals surface area contributed by atoms with Gasteiger partial charge in [-0.1, -0.05) is 127 Å². The van der Waals surface area contributed by atoms with E-state index in [9.17, 15) is 0 Å². The largest absolute Gasteiger partial charge is 0.456 e. The number of aromatic nitrogens is 3. The summed E-state index contributed by atoms with van der Waals surface area (Å²) in [7, 11) is 0. The average Bonchev–Trinajstić information content (AvgIpc) is 3.97. The van der Waals surface area contributed by atoms with E-state index in [1.54, 1.807) is 0 Å². The van der Waals surface area contributed by atoms with Crippen molar-refractivity contribution in [3.05, 3.63) is 176 Å². The number of hydrogen-bond acceptors (Lipinski definition) is 6. The molecule has 0 aliphatic carbocycles. The first-order valence-electron chi connectivity index (χ1n) is 18.9. The van der Waals surface area contributed by atoms with Gasteiger partial charge in [0.2, 0.25) is 0 Å². The topological polar surface area (TPSA) is 78.1 Å². The van der Waals surface area contributed by atoms with Crippen LogP contribution in [-0.2, 0) is 0 Å². The summed E-state index contributed by atoms with van der Waals surface area (Å²) in [6, 6.07) is 59.9. The lowest BCUT2D eigenvalue weighted by Gasteiger charge is -2.11. The van der Waals surface area contributed by atoms with Gasteiger partial charge in [0.25, 0.3) is 0 Å². The van der Waals surface area contributed by atoms with E-state index in [1.165, 1.54) is 0 Å². The van der Waals surface area contributed by atoms with Crippen molar-refractivity contribution in [2.45, 2.75) is 0 Å². The molecule has 57 heavy (non-hydrogen) atoms. The minimum atomic E-state index is 0.557. The van der Waals surface area contributed by atoms with Crippen LogP contribution in [-0.4, -0.2) is 15.0 Å². The Hall–Kier alpha value is -7.83. The zero-order valence-corrected chi connectivity index (χ0v) is 30.3. The summed E-state index contributed by atoms with van der Waals surface area (Å²) in [6.07, 6.45) is 0. The highest BCUT2D eigenvalue weighted by atomic mass is 16.3. The van der Waals surface area contributed by atoms with Crippen molar-refractivity contribution >= 4 is 65.8 Å². The molecule has 0 fully saturated rings. The molecule has 4 aromatic heterocycles. The highest BCUT2D eigenvalue weighted by molar-refractivity contribution is 6.15. The van der Waals surface area contributed by atoms with Crippen molar-refractivity contribution in [3.8, 4) is 56.4 Å². The molecular formula is C51H29N3O3. The second kappa shape index (κ2) is 12.3. The van der Waals surface area contributed by atoms with Crippen molar-refractivity contribution in [2.24, 2.45) is 0 Å². The number of fused-ring (bicyclic) bond motifs is 9. The Balaban J connectivity index is 0.995. The first kappa shape index (κ1) is 31.5. The molecule has 0 spiro atoms. The van der Waals surface area contributed by atoms with Crippen molar-refractivity contribution in [1.29, 1.82) is 0 Å². The Morgan fingerprint density at radius 3 is 1.54 bits per heavy atom. The van der Waals surface area contributed by atoms with Gasteiger partial charge in [-0.15, -0.1) is 0 Å². The number of benzene rings is 8. The monoisotopic (exact) mass is 731 g/mol. The normalized spacial score (nSPS) is 11.9. The quantitative estimate of drug-likeness (QED) is 0.175. The SMILES string of the molecule is c1ccc(-c2nc(-c3ccc4c(c3)oc3ccc(-c5ccccc5-c5cccc6oc7ccccc7c56)cc34)nc(-c3cccc4oc5ccccc5c34)n2)cc1. The summed E-state index contributed by atoms with van der Waals surface area (Å²) in [5.74, 6) is 1.72. The minimum Gasteiger partial charge on any atom is -0.456 e. The molecule has 6 heteroatoms. The third-order valence-electron chi connectivity index (χ3n) is 11.0. The first-order chi connectivity index (χ1) is 28.2. The van der Waals surface area contributed by atoms with Gasteiger partial charge in [0.1, 0.15) is 33.5 Å². The molecule has 0 amide bonds. The number of rotatable bonds is 5. The molecule has 0 atom stereocenters. The fourth-order valence-electron chi connectivity index (χ4n) is 8.36. The molecule has 0 aliphatic heterocycles. The van der Waals surface area contributed by atoms with Crippen molar-refractivity contribution in [3.63, 3.8) is 0 Å². The Morgan fingerprint density at radius 2 is 0.789 bits per heavy atom. The van der Waals surface area contributed by atoms with Gasteiger partial charge < -0.3 is 13.3 Å². The Morgan fingerprint density at radius 1 is 0.263 bits per heavy atom. The minimum absolute atomic E-state index is 0.557. The van der Waals surface area contributed by atoms with Crippen LogP contribution >= 0.6 is 0 Å². The van der Waals surface area contributed by atoms with Crippen molar-refractivity contribution in [1.82, 2.24) is 15.0 Å². The molecule has 0 bridgehead atoms. The predicted molar refractivity (Wildman–Crippen MR) is 229 cm³/mol. The second-order valence-corrected chi connectivity index (χ2v) is 14.3. The molecule has 0 aliphatic rings. The van der Waals surface area contributed by atoms with Gasteiger partial charge >= 0.3 is 0 Å². The summed E-state index contributed by atoms with van der Waals surface area (Å²) in [4.78, 5) is 15.2. The lowest BCUT2D eigenvalue weighted by Crippen LogP contribution is -2.00. The maximum Gasteiger partial charge on any atom is 0.164 e. The predicted octanol–water partition coefficient (Wildman–Crippen LogP) is 13.9. The molecule has 0 saturated carbocycles. The van der Waals surface area contributed by atoms with Crippen LogP contribution in [0, 0.1) is 0 Å². The van der Waals surface area contributed by atoms with Crippen LogP contribution in [0.25, 0.3) is 122 Å². The van der Waals surface area contributed by atoms with E-state index < -0.39 is 0 Å². The van der Waals surface area contributed by atoms with Gasteiger partial charge in [0.15, 0.2) is 17.5 Å².